The van der Waals surface area contributed by atoms with E-state index in [0.717, 1.165) is 25.5 Å². The average molecular weight is 344 g/mol. The fourth-order valence-electron chi connectivity index (χ4n) is 3.48. The molecule has 2 aliphatic rings. The largest absolute Gasteiger partial charge is 0.450 e. The van der Waals surface area contributed by atoms with Gasteiger partial charge < -0.3 is 19.9 Å². The summed E-state index contributed by atoms with van der Waals surface area (Å²) in [5.41, 5.74) is 2.79. The zero-order valence-electron chi connectivity index (χ0n) is 15.4. The number of guanidine groups is 1. The van der Waals surface area contributed by atoms with Crippen molar-refractivity contribution in [3.05, 3.63) is 35.4 Å². The monoisotopic (exact) mass is 344 g/mol. The van der Waals surface area contributed by atoms with Crippen LogP contribution in [0.1, 0.15) is 30.4 Å². The van der Waals surface area contributed by atoms with Crippen LogP contribution < -0.4 is 5.32 Å². The highest BCUT2D eigenvalue weighted by atomic mass is 16.6. The summed E-state index contributed by atoms with van der Waals surface area (Å²) in [5, 5.41) is 3.60. The molecule has 0 bridgehead atoms. The van der Waals surface area contributed by atoms with Crippen LogP contribution in [0.15, 0.2) is 29.3 Å². The molecule has 1 aliphatic carbocycles. The number of benzene rings is 1. The smallest absolute Gasteiger partial charge is 0.409 e. The lowest BCUT2D eigenvalue weighted by molar-refractivity contribution is 0.0914. The molecule has 1 aliphatic heterocycles. The Morgan fingerprint density at radius 1 is 1.24 bits per heavy atom. The number of nitrogens with one attached hydrogen (secondary N) is 1. The Bertz CT molecular complexity index is 638. The Hall–Kier alpha value is -2.24. The van der Waals surface area contributed by atoms with E-state index >= 15 is 0 Å². The lowest BCUT2D eigenvalue weighted by Gasteiger charge is -2.36. The SMILES string of the molecule is CCOC(=O)N1CCN(C(=NC)NC2CC2c2ccccc2C)CC1. The molecule has 0 spiro atoms. The number of carbonyl (C=O) groups is 1. The molecule has 1 heterocycles. The van der Waals surface area contributed by atoms with Gasteiger partial charge in [-0.2, -0.15) is 0 Å². The van der Waals surface area contributed by atoms with Crippen LogP contribution >= 0.6 is 0 Å². The molecule has 2 fully saturated rings. The second-order valence-electron chi connectivity index (χ2n) is 6.67. The topological polar surface area (TPSA) is 57.2 Å². The number of carbonyl (C=O) groups excluding carboxylic acids is 1. The van der Waals surface area contributed by atoms with Gasteiger partial charge in [-0.3, -0.25) is 4.99 Å². The van der Waals surface area contributed by atoms with Crippen LogP contribution in [-0.4, -0.2) is 67.7 Å². The number of rotatable bonds is 3. The molecule has 25 heavy (non-hydrogen) atoms. The summed E-state index contributed by atoms with van der Waals surface area (Å²) in [6.07, 6.45) is 0.930. The maximum atomic E-state index is 11.8. The zero-order valence-corrected chi connectivity index (χ0v) is 15.4. The van der Waals surface area contributed by atoms with Crippen molar-refractivity contribution in [3.8, 4) is 0 Å². The summed E-state index contributed by atoms with van der Waals surface area (Å²) < 4.78 is 5.07. The van der Waals surface area contributed by atoms with Crippen LogP contribution in [0.5, 0.6) is 0 Å². The van der Waals surface area contributed by atoms with Crippen LogP contribution in [0, 0.1) is 6.92 Å². The molecular weight excluding hydrogens is 316 g/mol. The molecular formula is C19H28N4O2. The van der Waals surface area contributed by atoms with Crippen LogP contribution in [0.25, 0.3) is 0 Å². The van der Waals surface area contributed by atoms with Crippen LogP contribution in [0.3, 0.4) is 0 Å². The second-order valence-corrected chi connectivity index (χ2v) is 6.67. The number of aliphatic imine (C=N–C) groups is 1. The van der Waals surface area contributed by atoms with Crippen molar-refractivity contribution >= 4 is 12.1 Å². The molecule has 2 unspecified atom stereocenters. The summed E-state index contributed by atoms with van der Waals surface area (Å²) in [5.74, 6) is 1.50. The van der Waals surface area contributed by atoms with Gasteiger partial charge in [-0.1, -0.05) is 24.3 Å². The Kier molecular flexibility index (Phi) is 5.46. The first-order chi connectivity index (χ1) is 12.1. The van der Waals surface area contributed by atoms with Crippen LogP contribution in [0.2, 0.25) is 0 Å². The third-order valence-corrected chi connectivity index (χ3v) is 5.01. The fourth-order valence-corrected chi connectivity index (χ4v) is 3.48. The Balaban J connectivity index is 1.52. The molecule has 1 N–H and O–H groups in total. The molecule has 6 heteroatoms. The number of hydrogen-bond acceptors (Lipinski definition) is 3. The van der Waals surface area contributed by atoms with Crippen LogP contribution in [-0.2, 0) is 4.74 Å². The normalized spacial score (nSPS) is 23.4. The fraction of sp³-hybridized carbons (Fsp3) is 0.579. The van der Waals surface area contributed by atoms with Gasteiger partial charge in [-0.25, -0.2) is 4.79 Å². The van der Waals surface area contributed by atoms with Gasteiger partial charge in [-0.05, 0) is 31.4 Å². The molecule has 0 radical (unpaired) electrons. The number of nitrogens with zero attached hydrogens (tertiary/aromatic N) is 3. The Labute approximate surface area is 149 Å². The van der Waals surface area contributed by atoms with Crippen molar-refractivity contribution in [1.29, 1.82) is 0 Å². The Morgan fingerprint density at radius 2 is 1.92 bits per heavy atom. The summed E-state index contributed by atoms with van der Waals surface area (Å²) >= 11 is 0. The van der Waals surface area contributed by atoms with E-state index < -0.39 is 0 Å². The van der Waals surface area contributed by atoms with Gasteiger partial charge in [-0.15, -0.1) is 0 Å². The first-order valence-electron chi connectivity index (χ1n) is 9.09. The van der Waals surface area contributed by atoms with Crippen molar-refractivity contribution in [1.82, 2.24) is 15.1 Å². The van der Waals surface area contributed by atoms with E-state index in [-0.39, 0.29) is 6.09 Å². The quantitative estimate of drug-likeness (QED) is 0.675. The minimum atomic E-state index is -0.216. The molecule has 1 aromatic rings. The summed E-state index contributed by atoms with van der Waals surface area (Å²) in [6.45, 7) is 7.33. The third kappa shape index (κ3) is 4.06. The molecule has 2 atom stereocenters. The number of amides is 1. The first kappa shape index (κ1) is 17.6. The molecule has 1 saturated heterocycles. The average Bonchev–Trinajstić information content (AvgIpc) is 3.39. The molecule has 1 aromatic carbocycles. The highest BCUT2D eigenvalue weighted by Gasteiger charge is 2.40. The van der Waals surface area contributed by atoms with E-state index in [2.05, 4.69) is 46.4 Å². The lowest BCUT2D eigenvalue weighted by atomic mass is 10.0. The number of aryl methyl sites for hydroxylation is 1. The molecule has 0 aromatic heterocycles. The van der Waals surface area contributed by atoms with Gasteiger partial charge in [0, 0.05) is 45.2 Å². The predicted octanol–water partition coefficient (Wildman–Crippen LogP) is 2.20. The summed E-state index contributed by atoms with van der Waals surface area (Å²) in [6, 6.07) is 9.05. The van der Waals surface area contributed by atoms with Gasteiger partial charge in [0.05, 0.1) is 6.61 Å². The van der Waals surface area contributed by atoms with E-state index in [0.29, 0.717) is 31.7 Å². The molecule has 136 valence electrons. The highest BCUT2D eigenvalue weighted by molar-refractivity contribution is 5.81. The van der Waals surface area contributed by atoms with E-state index in [1.807, 2.05) is 14.0 Å². The molecule has 6 nitrogen and oxygen atoms in total. The number of piperazine rings is 1. The molecule has 1 saturated carbocycles. The third-order valence-electron chi connectivity index (χ3n) is 5.01. The van der Waals surface area contributed by atoms with Crippen molar-refractivity contribution in [2.45, 2.75) is 32.2 Å². The lowest BCUT2D eigenvalue weighted by Crippen LogP contribution is -2.54. The number of ether oxygens (including phenoxy) is 1. The molecule has 3 rings (SSSR count). The van der Waals surface area contributed by atoms with E-state index in [4.69, 9.17) is 4.74 Å². The van der Waals surface area contributed by atoms with Gasteiger partial charge in [0.25, 0.3) is 0 Å². The van der Waals surface area contributed by atoms with Gasteiger partial charge in [0.1, 0.15) is 0 Å². The maximum Gasteiger partial charge on any atom is 0.409 e. The van der Waals surface area contributed by atoms with Crippen LogP contribution in [0.4, 0.5) is 4.79 Å². The standard InChI is InChI=1S/C19H28N4O2/c1-4-25-19(24)23-11-9-22(10-12-23)18(20-3)21-17-13-16(17)15-8-6-5-7-14(15)2/h5-8,16-17H,4,9-13H2,1-3H3,(H,20,21). The van der Waals surface area contributed by atoms with Gasteiger partial charge in [0.2, 0.25) is 0 Å². The van der Waals surface area contributed by atoms with Crippen molar-refractivity contribution in [2.24, 2.45) is 4.99 Å². The van der Waals surface area contributed by atoms with Crippen molar-refractivity contribution in [3.63, 3.8) is 0 Å². The van der Waals surface area contributed by atoms with E-state index in [1.54, 1.807) is 4.90 Å². The van der Waals surface area contributed by atoms with E-state index in [9.17, 15) is 4.79 Å². The first-order valence-corrected chi connectivity index (χ1v) is 9.09. The minimum absolute atomic E-state index is 0.216. The van der Waals surface area contributed by atoms with Gasteiger partial charge >= 0.3 is 6.09 Å². The highest BCUT2D eigenvalue weighted by Crippen LogP contribution is 2.42. The molecule has 1 amide bonds. The zero-order chi connectivity index (χ0) is 17.8. The summed E-state index contributed by atoms with van der Waals surface area (Å²) in [4.78, 5) is 20.2. The van der Waals surface area contributed by atoms with E-state index in [1.165, 1.54) is 11.1 Å². The van der Waals surface area contributed by atoms with Crippen molar-refractivity contribution < 1.29 is 9.53 Å². The van der Waals surface area contributed by atoms with Gasteiger partial charge in [0.15, 0.2) is 5.96 Å². The predicted molar refractivity (Wildman–Crippen MR) is 99.0 cm³/mol. The summed E-state index contributed by atoms with van der Waals surface area (Å²) in [7, 11) is 1.82. The minimum Gasteiger partial charge on any atom is -0.450 e. The van der Waals surface area contributed by atoms with Crippen molar-refractivity contribution in [2.75, 3.05) is 39.8 Å². The maximum absolute atomic E-state index is 11.8. The second kappa shape index (κ2) is 7.76. The number of hydrogen-bond donors (Lipinski definition) is 1. The Morgan fingerprint density at radius 3 is 2.56 bits per heavy atom.